The number of hydrazone groups is 1. The predicted molar refractivity (Wildman–Crippen MR) is 98.4 cm³/mol. The van der Waals surface area contributed by atoms with E-state index in [1.54, 1.807) is 19.1 Å². The lowest BCUT2D eigenvalue weighted by Gasteiger charge is -2.25. The van der Waals surface area contributed by atoms with Gasteiger partial charge in [0.1, 0.15) is 0 Å². The Morgan fingerprint density at radius 3 is 2.58 bits per heavy atom. The maximum absolute atomic E-state index is 12.0. The fourth-order valence-electron chi connectivity index (χ4n) is 2.16. The topological polar surface area (TPSA) is 100 Å². The van der Waals surface area contributed by atoms with Crippen molar-refractivity contribution in [2.45, 2.75) is 13.3 Å². The van der Waals surface area contributed by atoms with Crippen LogP contribution in [0.1, 0.15) is 13.3 Å². The highest BCUT2D eigenvalue weighted by Crippen LogP contribution is 2.25. The van der Waals surface area contributed by atoms with Crippen LogP contribution in [0, 0.1) is 0 Å². The van der Waals surface area contributed by atoms with E-state index in [0.717, 1.165) is 0 Å². The zero-order valence-corrected chi connectivity index (χ0v) is 15.6. The fraction of sp³-hybridized carbons (Fsp3) is 0.375. The van der Waals surface area contributed by atoms with Gasteiger partial charge in [0.05, 0.1) is 30.3 Å². The lowest BCUT2D eigenvalue weighted by Crippen LogP contribution is -2.47. The van der Waals surface area contributed by atoms with E-state index < -0.39 is 11.8 Å². The van der Waals surface area contributed by atoms with Crippen molar-refractivity contribution < 1.29 is 19.1 Å². The summed E-state index contributed by atoms with van der Waals surface area (Å²) in [5.41, 5.74) is 2.91. The van der Waals surface area contributed by atoms with Gasteiger partial charge in [0.15, 0.2) is 0 Å². The number of nitrogens with zero attached hydrogens (tertiary/aromatic N) is 2. The van der Waals surface area contributed by atoms with Gasteiger partial charge in [-0.05, 0) is 25.1 Å². The molecule has 0 bridgehead atoms. The Morgan fingerprint density at radius 1 is 1.23 bits per heavy atom. The zero-order chi connectivity index (χ0) is 19.1. The van der Waals surface area contributed by atoms with Crippen LogP contribution in [0.15, 0.2) is 23.3 Å². The van der Waals surface area contributed by atoms with Crippen molar-refractivity contribution in [2.24, 2.45) is 5.10 Å². The van der Waals surface area contributed by atoms with E-state index in [1.807, 2.05) is 0 Å². The van der Waals surface area contributed by atoms with Crippen LogP contribution in [0.25, 0.3) is 0 Å². The average Bonchev–Trinajstić information content (AvgIpc) is 2.62. The van der Waals surface area contributed by atoms with Gasteiger partial charge < -0.3 is 15.0 Å². The molecule has 1 fully saturated rings. The van der Waals surface area contributed by atoms with Crippen LogP contribution in [-0.4, -0.2) is 54.6 Å². The molecular weight excluding hydrogens is 383 g/mol. The first-order chi connectivity index (χ1) is 12.4. The highest BCUT2D eigenvalue weighted by molar-refractivity contribution is 6.37. The van der Waals surface area contributed by atoms with Gasteiger partial charge in [0, 0.05) is 23.8 Å². The Morgan fingerprint density at radius 2 is 1.92 bits per heavy atom. The number of ether oxygens (including phenoxy) is 1. The smallest absolute Gasteiger partial charge is 0.329 e. The standard InChI is InChI=1S/C16H18Cl2N4O4/c1-10(8-14(23)19-13-3-2-11(17)9-12(13)18)20-21-15(24)16(25)22-4-6-26-7-5-22/h2-3,9H,4-8H2,1H3,(H,19,23)(H,21,24). The van der Waals surface area contributed by atoms with Crippen LogP contribution >= 0.6 is 23.2 Å². The minimum atomic E-state index is -0.854. The molecule has 0 atom stereocenters. The van der Waals surface area contributed by atoms with E-state index in [4.69, 9.17) is 27.9 Å². The third kappa shape index (κ3) is 5.98. The Kier molecular flexibility index (Phi) is 7.38. The molecule has 1 heterocycles. The number of anilines is 1. The third-order valence-electron chi connectivity index (χ3n) is 3.46. The molecule has 2 rings (SSSR count). The summed E-state index contributed by atoms with van der Waals surface area (Å²) in [6.07, 6.45) is -0.0784. The number of morpholine rings is 1. The van der Waals surface area contributed by atoms with Crippen LogP contribution in [0.3, 0.4) is 0 Å². The lowest BCUT2D eigenvalue weighted by molar-refractivity contribution is -0.148. The Hall–Kier alpha value is -2.16. The van der Waals surface area contributed by atoms with Gasteiger partial charge in [0.25, 0.3) is 0 Å². The number of amides is 3. The van der Waals surface area contributed by atoms with E-state index in [-0.39, 0.29) is 12.3 Å². The number of benzene rings is 1. The van der Waals surface area contributed by atoms with Gasteiger partial charge in [-0.15, -0.1) is 0 Å². The summed E-state index contributed by atoms with van der Waals surface area (Å²) in [5.74, 6) is -1.90. The molecule has 10 heteroatoms. The Balaban J connectivity index is 1.83. The molecule has 3 amide bonds. The molecular formula is C16H18Cl2N4O4. The molecule has 1 aliphatic heterocycles. The van der Waals surface area contributed by atoms with E-state index in [9.17, 15) is 14.4 Å². The van der Waals surface area contributed by atoms with Crippen LogP contribution < -0.4 is 10.7 Å². The maximum Gasteiger partial charge on any atom is 0.329 e. The quantitative estimate of drug-likeness (QED) is 0.456. The first-order valence-corrected chi connectivity index (χ1v) is 8.57. The maximum atomic E-state index is 12.0. The van der Waals surface area contributed by atoms with Gasteiger partial charge in [-0.25, -0.2) is 5.43 Å². The highest BCUT2D eigenvalue weighted by Gasteiger charge is 2.23. The van der Waals surface area contributed by atoms with Crippen molar-refractivity contribution in [3.05, 3.63) is 28.2 Å². The van der Waals surface area contributed by atoms with Crippen LogP contribution in [0.4, 0.5) is 5.69 Å². The summed E-state index contributed by atoms with van der Waals surface area (Å²) in [6.45, 7) is 3.07. The normalized spacial score (nSPS) is 14.7. The third-order valence-corrected chi connectivity index (χ3v) is 4.01. The molecule has 26 heavy (non-hydrogen) atoms. The van der Waals surface area contributed by atoms with E-state index in [2.05, 4.69) is 15.8 Å². The molecule has 1 aliphatic rings. The summed E-state index contributed by atoms with van der Waals surface area (Å²) >= 11 is 11.8. The van der Waals surface area contributed by atoms with Crippen molar-refractivity contribution in [1.29, 1.82) is 0 Å². The van der Waals surface area contributed by atoms with Crippen molar-refractivity contribution in [1.82, 2.24) is 10.3 Å². The van der Waals surface area contributed by atoms with Crippen molar-refractivity contribution in [3.8, 4) is 0 Å². The van der Waals surface area contributed by atoms with Crippen molar-refractivity contribution in [3.63, 3.8) is 0 Å². The molecule has 8 nitrogen and oxygen atoms in total. The number of hydrogen-bond donors (Lipinski definition) is 2. The Bertz CT molecular complexity index is 733. The van der Waals surface area contributed by atoms with Crippen LogP contribution in [0.2, 0.25) is 10.0 Å². The number of rotatable bonds is 4. The molecule has 2 N–H and O–H groups in total. The number of carbonyl (C=O) groups is 3. The van der Waals surface area contributed by atoms with E-state index in [0.29, 0.717) is 47.7 Å². The van der Waals surface area contributed by atoms with Crippen LogP contribution in [-0.2, 0) is 19.1 Å². The molecule has 0 saturated carbocycles. The SMILES string of the molecule is CC(CC(=O)Nc1ccc(Cl)cc1Cl)=NNC(=O)C(=O)N1CCOCC1. The zero-order valence-electron chi connectivity index (χ0n) is 14.1. The van der Waals surface area contributed by atoms with Gasteiger partial charge in [-0.3, -0.25) is 14.4 Å². The minimum absolute atomic E-state index is 0.0784. The lowest BCUT2D eigenvalue weighted by atomic mass is 10.2. The van der Waals surface area contributed by atoms with Gasteiger partial charge >= 0.3 is 11.8 Å². The van der Waals surface area contributed by atoms with E-state index >= 15 is 0 Å². The van der Waals surface area contributed by atoms with Gasteiger partial charge in [-0.1, -0.05) is 23.2 Å². The highest BCUT2D eigenvalue weighted by atomic mass is 35.5. The minimum Gasteiger partial charge on any atom is -0.378 e. The van der Waals surface area contributed by atoms with Gasteiger partial charge in [0.2, 0.25) is 5.91 Å². The number of halogens is 2. The van der Waals surface area contributed by atoms with Crippen LogP contribution in [0.5, 0.6) is 0 Å². The summed E-state index contributed by atoms with van der Waals surface area (Å²) in [4.78, 5) is 37.1. The van der Waals surface area contributed by atoms with E-state index in [1.165, 1.54) is 11.0 Å². The summed E-state index contributed by atoms with van der Waals surface area (Å²) in [5, 5.41) is 7.17. The first-order valence-electron chi connectivity index (χ1n) is 7.82. The fourth-order valence-corrected chi connectivity index (χ4v) is 2.62. The van der Waals surface area contributed by atoms with Crippen molar-refractivity contribution >= 4 is 52.3 Å². The van der Waals surface area contributed by atoms with Crippen molar-refractivity contribution in [2.75, 3.05) is 31.6 Å². The van der Waals surface area contributed by atoms with Gasteiger partial charge in [-0.2, -0.15) is 5.10 Å². The summed E-state index contributed by atoms with van der Waals surface area (Å²) < 4.78 is 5.12. The monoisotopic (exact) mass is 400 g/mol. The second kappa shape index (κ2) is 9.51. The summed E-state index contributed by atoms with van der Waals surface area (Å²) in [6, 6.07) is 4.69. The molecule has 0 radical (unpaired) electrons. The first kappa shape index (κ1) is 20.2. The molecule has 1 saturated heterocycles. The molecule has 0 unspecified atom stereocenters. The summed E-state index contributed by atoms with van der Waals surface area (Å²) in [7, 11) is 0. The molecule has 0 aromatic heterocycles. The predicted octanol–water partition coefficient (Wildman–Crippen LogP) is 1.67. The number of carbonyl (C=O) groups excluding carboxylic acids is 3. The second-order valence-corrected chi connectivity index (χ2v) is 6.39. The molecule has 1 aromatic rings. The molecule has 140 valence electrons. The average molecular weight is 401 g/mol. The largest absolute Gasteiger partial charge is 0.378 e. The second-order valence-electron chi connectivity index (χ2n) is 5.54. The number of nitrogens with one attached hydrogen (secondary N) is 2. The Labute approximate surface area is 160 Å². The number of hydrogen-bond acceptors (Lipinski definition) is 5. The molecule has 0 spiro atoms. The molecule has 1 aromatic carbocycles. The molecule has 0 aliphatic carbocycles.